The summed E-state index contributed by atoms with van der Waals surface area (Å²) in [6, 6.07) is 8.76. The second kappa shape index (κ2) is 6.16. The highest BCUT2D eigenvalue weighted by Gasteiger charge is 2.41. The molecule has 23 heavy (non-hydrogen) atoms. The number of benzene rings is 1. The van der Waals surface area contributed by atoms with Gasteiger partial charge in [-0.2, -0.15) is 18.4 Å². The van der Waals surface area contributed by atoms with E-state index in [1.165, 1.54) is 38.1 Å². The number of ether oxygens (including phenoxy) is 1. The standard InChI is InChI=1S/C16H13F3N2O2/c1-3-23-15(22)13-7-10(2)21(14(13)16(17,18)19)12-6-4-5-11(8-12)9-20/h4-8H,3H2,1-2H3. The molecule has 7 heteroatoms. The zero-order chi connectivity index (χ0) is 17.2. The molecule has 1 aromatic carbocycles. The van der Waals surface area contributed by atoms with Crippen LogP contribution in [-0.4, -0.2) is 17.1 Å². The number of rotatable bonds is 3. The first-order chi connectivity index (χ1) is 10.8. The van der Waals surface area contributed by atoms with Crippen molar-refractivity contribution < 1.29 is 22.7 Å². The lowest BCUT2D eigenvalue weighted by Crippen LogP contribution is -2.18. The van der Waals surface area contributed by atoms with E-state index in [9.17, 15) is 18.0 Å². The minimum absolute atomic E-state index is 0.0235. The number of esters is 1. The molecular formula is C16H13F3N2O2. The van der Waals surface area contributed by atoms with Crippen LogP contribution in [0, 0.1) is 18.3 Å². The van der Waals surface area contributed by atoms with Crippen LogP contribution in [0.25, 0.3) is 5.69 Å². The molecule has 0 N–H and O–H groups in total. The summed E-state index contributed by atoms with van der Waals surface area (Å²) >= 11 is 0. The van der Waals surface area contributed by atoms with Crippen molar-refractivity contribution in [3.05, 3.63) is 52.8 Å². The van der Waals surface area contributed by atoms with Gasteiger partial charge in [0.05, 0.1) is 23.8 Å². The van der Waals surface area contributed by atoms with Gasteiger partial charge in [-0.05, 0) is 38.1 Å². The molecule has 0 bridgehead atoms. The summed E-state index contributed by atoms with van der Waals surface area (Å²) in [5, 5.41) is 8.92. The number of aryl methyl sites for hydroxylation is 1. The van der Waals surface area contributed by atoms with Crippen molar-refractivity contribution in [1.82, 2.24) is 4.57 Å². The Balaban J connectivity index is 2.73. The smallest absolute Gasteiger partial charge is 0.432 e. The van der Waals surface area contributed by atoms with Crippen LogP contribution in [0.3, 0.4) is 0 Å². The predicted molar refractivity (Wildman–Crippen MR) is 76.2 cm³/mol. The molecule has 2 aromatic rings. The van der Waals surface area contributed by atoms with E-state index < -0.39 is 23.4 Å². The fourth-order valence-corrected chi connectivity index (χ4v) is 2.33. The van der Waals surface area contributed by atoms with Crippen molar-refractivity contribution in [2.75, 3.05) is 6.61 Å². The molecule has 0 spiro atoms. The molecule has 0 atom stereocenters. The van der Waals surface area contributed by atoms with Crippen LogP contribution in [-0.2, 0) is 10.9 Å². The van der Waals surface area contributed by atoms with Crippen molar-refractivity contribution >= 4 is 5.97 Å². The molecule has 2 rings (SSSR count). The Bertz CT molecular complexity index is 786. The van der Waals surface area contributed by atoms with E-state index in [2.05, 4.69) is 0 Å². The van der Waals surface area contributed by atoms with Crippen molar-refractivity contribution in [2.45, 2.75) is 20.0 Å². The monoisotopic (exact) mass is 322 g/mol. The van der Waals surface area contributed by atoms with Gasteiger partial charge in [0.25, 0.3) is 0 Å². The number of nitriles is 1. The van der Waals surface area contributed by atoms with Gasteiger partial charge in [-0.25, -0.2) is 4.79 Å². The molecule has 0 fully saturated rings. The molecule has 1 aromatic heterocycles. The van der Waals surface area contributed by atoms with Gasteiger partial charge in [0.15, 0.2) is 0 Å². The molecule has 0 saturated carbocycles. The van der Waals surface area contributed by atoms with Gasteiger partial charge >= 0.3 is 12.1 Å². The topological polar surface area (TPSA) is 55.0 Å². The van der Waals surface area contributed by atoms with E-state index in [0.29, 0.717) is 0 Å². The normalized spacial score (nSPS) is 11.1. The number of nitrogens with zero attached hydrogens (tertiary/aromatic N) is 2. The Hall–Kier alpha value is -2.75. The highest BCUT2D eigenvalue weighted by atomic mass is 19.4. The molecule has 0 radical (unpaired) electrons. The number of alkyl halides is 3. The number of hydrogen-bond acceptors (Lipinski definition) is 3. The van der Waals surface area contributed by atoms with E-state index in [4.69, 9.17) is 10.00 Å². The molecule has 0 aliphatic heterocycles. The molecular weight excluding hydrogens is 309 g/mol. The minimum atomic E-state index is -4.75. The highest BCUT2D eigenvalue weighted by molar-refractivity contribution is 5.91. The lowest BCUT2D eigenvalue weighted by molar-refractivity contribution is -0.142. The van der Waals surface area contributed by atoms with E-state index in [1.807, 2.05) is 6.07 Å². The van der Waals surface area contributed by atoms with Gasteiger partial charge in [0.2, 0.25) is 0 Å². The van der Waals surface area contributed by atoms with Crippen molar-refractivity contribution in [3.8, 4) is 11.8 Å². The molecule has 120 valence electrons. The largest absolute Gasteiger partial charge is 0.462 e. The fraction of sp³-hybridized carbons (Fsp3) is 0.250. The third kappa shape index (κ3) is 3.21. The van der Waals surface area contributed by atoms with E-state index >= 15 is 0 Å². The molecule has 0 saturated heterocycles. The van der Waals surface area contributed by atoms with Crippen LogP contribution in [0.1, 0.15) is 34.2 Å². The predicted octanol–water partition coefficient (Wildman–Crippen LogP) is 3.85. The summed E-state index contributed by atoms with van der Waals surface area (Å²) in [6.07, 6.45) is -4.75. The maximum absolute atomic E-state index is 13.5. The third-order valence-electron chi connectivity index (χ3n) is 3.18. The molecule has 0 unspecified atom stereocenters. The first-order valence-electron chi connectivity index (χ1n) is 6.76. The maximum atomic E-state index is 13.5. The van der Waals surface area contributed by atoms with E-state index in [1.54, 1.807) is 0 Å². The van der Waals surface area contributed by atoms with Gasteiger partial charge in [0.1, 0.15) is 5.69 Å². The van der Waals surface area contributed by atoms with Crippen molar-refractivity contribution in [2.24, 2.45) is 0 Å². The quantitative estimate of drug-likeness (QED) is 0.807. The second-order valence-corrected chi connectivity index (χ2v) is 4.76. The van der Waals surface area contributed by atoms with Crippen LogP contribution in [0.4, 0.5) is 13.2 Å². The van der Waals surface area contributed by atoms with Gasteiger partial charge < -0.3 is 9.30 Å². The van der Waals surface area contributed by atoms with Gasteiger partial charge in [-0.15, -0.1) is 0 Å². The van der Waals surface area contributed by atoms with Crippen LogP contribution in [0.2, 0.25) is 0 Å². The third-order valence-corrected chi connectivity index (χ3v) is 3.18. The molecule has 1 heterocycles. The number of hydrogen-bond donors (Lipinski definition) is 0. The van der Waals surface area contributed by atoms with E-state index in [0.717, 1.165) is 10.6 Å². The Kier molecular flexibility index (Phi) is 4.45. The van der Waals surface area contributed by atoms with Crippen molar-refractivity contribution in [3.63, 3.8) is 0 Å². The zero-order valence-corrected chi connectivity index (χ0v) is 12.4. The van der Waals surface area contributed by atoms with Gasteiger partial charge in [-0.3, -0.25) is 0 Å². The minimum Gasteiger partial charge on any atom is -0.462 e. The summed E-state index contributed by atoms with van der Waals surface area (Å²) in [6.45, 7) is 2.95. The van der Waals surface area contributed by atoms with E-state index in [-0.39, 0.29) is 23.6 Å². The number of halogens is 3. The summed E-state index contributed by atoms with van der Waals surface area (Å²) < 4.78 is 46.1. The average Bonchev–Trinajstić information content (AvgIpc) is 2.85. The number of carbonyl (C=O) groups excluding carboxylic acids is 1. The van der Waals surface area contributed by atoms with Gasteiger partial charge in [-0.1, -0.05) is 6.07 Å². The second-order valence-electron chi connectivity index (χ2n) is 4.76. The molecule has 0 amide bonds. The number of aromatic nitrogens is 1. The average molecular weight is 322 g/mol. The Labute approximate surface area is 130 Å². The van der Waals surface area contributed by atoms with Crippen LogP contribution < -0.4 is 0 Å². The summed E-state index contributed by atoms with van der Waals surface area (Å²) in [5.74, 6) is -1.03. The molecule has 4 nitrogen and oxygen atoms in total. The van der Waals surface area contributed by atoms with Crippen LogP contribution >= 0.6 is 0 Å². The summed E-state index contributed by atoms with van der Waals surface area (Å²) in [4.78, 5) is 11.8. The zero-order valence-electron chi connectivity index (χ0n) is 12.4. The van der Waals surface area contributed by atoms with Crippen LogP contribution in [0.5, 0.6) is 0 Å². The highest BCUT2D eigenvalue weighted by Crippen LogP contribution is 2.36. The Morgan fingerprint density at radius 3 is 2.61 bits per heavy atom. The Morgan fingerprint density at radius 2 is 2.04 bits per heavy atom. The lowest BCUT2D eigenvalue weighted by Gasteiger charge is -2.15. The summed E-state index contributed by atoms with van der Waals surface area (Å²) in [7, 11) is 0. The first-order valence-corrected chi connectivity index (χ1v) is 6.76. The molecule has 0 aliphatic carbocycles. The first kappa shape index (κ1) is 16.6. The molecule has 0 aliphatic rings. The van der Waals surface area contributed by atoms with Gasteiger partial charge in [0, 0.05) is 11.4 Å². The van der Waals surface area contributed by atoms with Crippen molar-refractivity contribution in [1.29, 1.82) is 5.26 Å². The number of carbonyl (C=O) groups is 1. The SMILES string of the molecule is CCOC(=O)c1cc(C)n(-c2cccc(C#N)c2)c1C(F)(F)F. The summed E-state index contributed by atoms with van der Waals surface area (Å²) in [5.41, 5.74) is -1.05. The maximum Gasteiger partial charge on any atom is 0.432 e. The fourth-order valence-electron chi connectivity index (χ4n) is 2.33. The lowest BCUT2D eigenvalue weighted by atomic mass is 10.2. The van der Waals surface area contributed by atoms with Crippen LogP contribution in [0.15, 0.2) is 30.3 Å². The Morgan fingerprint density at radius 1 is 1.35 bits per heavy atom.